The minimum absolute atomic E-state index is 0.0295. The maximum atomic E-state index is 12.7. The van der Waals surface area contributed by atoms with Gasteiger partial charge in [-0.05, 0) is 25.5 Å². The number of phenols is 1. The van der Waals surface area contributed by atoms with Gasteiger partial charge < -0.3 is 20.1 Å². The second-order valence-electron chi connectivity index (χ2n) is 5.90. The average molecular weight is 292 g/mol. The Morgan fingerprint density at radius 2 is 2.00 bits per heavy atom. The van der Waals surface area contributed by atoms with E-state index in [-0.39, 0.29) is 23.5 Å². The van der Waals surface area contributed by atoms with Gasteiger partial charge in [0.1, 0.15) is 17.1 Å². The van der Waals surface area contributed by atoms with Gasteiger partial charge in [-0.2, -0.15) is 0 Å². The van der Waals surface area contributed by atoms with Crippen molar-refractivity contribution in [2.45, 2.75) is 37.6 Å². The number of hydrogen-bond acceptors (Lipinski definition) is 6. The summed E-state index contributed by atoms with van der Waals surface area (Å²) in [5, 5.41) is 30.9. The average Bonchev–Trinajstić information content (AvgIpc) is 2.42. The number of aliphatic hydroxyl groups is 2. The molecule has 1 aliphatic carbocycles. The Balaban J connectivity index is 2.28. The molecule has 6 nitrogen and oxygen atoms in total. The van der Waals surface area contributed by atoms with Crippen molar-refractivity contribution < 1.29 is 29.6 Å². The minimum atomic E-state index is -2.40. The molecule has 1 heterocycles. The lowest BCUT2D eigenvalue weighted by atomic mass is 9.62. The van der Waals surface area contributed by atoms with Crippen LogP contribution in [0, 0.1) is 5.92 Å². The standard InChI is InChI=1S/C15H16O6/c1-7-6-10(17)15(20)13(19)11-8(16)4-3-5-9(11)21-14(15,2)12(7)18/h3-5,7,10,16-17,20H,6H2,1-2H3/t7-,10-,14-,15-/m0/s1. The van der Waals surface area contributed by atoms with Gasteiger partial charge in [-0.25, -0.2) is 0 Å². The van der Waals surface area contributed by atoms with E-state index in [1.165, 1.54) is 25.1 Å². The van der Waals surface area contributed by atoms with Gasteiger partial charge >= 0.3 is 0 Å². The van der Waals surface area contributed by atoms with Crippen LogP contribution in [0.1, 0.15) is 30.6 Å². The minimum Gasteiger partial charge on any atom is -0.507 e. The molecule has 3 rings (SSSR count). The van der Waals surface area contributed by atoms with Crippen LogP contribution in [0.15, 0.2) is 18.2 Å². The number of aromatic hydroxyl groups is 1. The molecule has 21 heavy (non-hydrogen) atoms. The van der Waals surface area contributed by atoms with Crippen LogP contribution < -0.4 is 4.74 Å². The van der Waals surface area contributed by atoms with E-state index < -0.39 is 34.8 Å². The number of phenolic OH excluding ortho intramolecular Hbond substituents is 1. The molecular weight excluding hydrogens is 276 g/mol. The van der Waals surface area contributed by atoms with Crippen molar-refractivity contribution in [2.75, 3.05) is 0 Å². The number of aliphatic hydroxyl groups excluding tert-OH is 1. The molecule has 1 saturated carbocycles. The lowest BCUT2D eigenvalue weighted by Gasteiger charge is -2.52. The topological polar surface area (TPSA) is 104 Å². The Hall–Kier alpha value is -1.92. The molecule has 0 radical (unpaired) electrons. The zero-order valence-corrected chi connectivity index (χ0v) is 11.7. The van der Waals surface area contributed by atoms with E-state index in [1.54, 1.807) is 6.92 Å². The van der Waals surface area contributed by atoms with Gasteiger partial charge in [0.2, 0.25) is 17.0 Å². The molecule has 0 spiro atoms. The first kappa shape index (κ1) is 14.0. The van der Waals surface area contributed by atoms with Gasteiger partial charge in [0.25, 0.3) is 0 Å². The van der Waals surface area contributed by atoms with Crippen LogP contribution in [0.5, 0.6) is 11.5 Å². The Labute approximate surface area is 121 Å². The van der Waals surface area contributed by atoms with Crippen LogP contribution in [0.2, 0.25) is 0 Å². The van der Waals surface area contributed by atoms with Gasteiger partial charge in [0, 0.05) is 5.92 Å². The predicted octanol–water partition coefficient (Wildman–Crippen LogP) is 0.427. The van der Waals surface area contributed by atoms with Gasteiger partial charge in [0.15, 0.2) is 5.78 Å². The van der Waals surface area contributed by atoms with E-state index >= 15 is 0 Å². The summed E-state index contributed by atoms with van der Waals surface area (Å²) < 4.78 is 5.59. The highest BCUT2D eigenvalue weighted by atomic mass is 16.5. The van der Waals surface area contributed by atoms with E-state index in [0.29, 0.717) is 0 Å². The Morgan fingerprint density at radius 3 is 2.67 bits per heavy atom. The molecule has 0 unspecified atom stereocenters. The molecular formula is C15H16O6. The number of Topliss-reactive ketones (excluding diaryl/α,β-unsaturated/α-hetero) is 2. The van der Waals surface area contributed by atoms with E-state index in [9.17, 15) is 24.9 Å². The molecule has 0 bridgehead atoms. The first-order valence-corrected chi connectivity index (χ1v) is 6.74. The summed E-state index contributed by atoms with van der Waals surface area (Å²) in [6.45, 7) is 2.92. The fourth-order valence-corrected chi connectivity index (χ4v) is 3.33. The summed E-state index contributed by atoms with van der Waals surface area (Å²) in [5.74, 6) is -2.21. The maximum Gasteiger partial charge on any atom is 0.209 e. The van der Waals surface area contributed by atoms with E-state index in [4.69, 9.17) is 4.74 Å². The summed E-state index contributed by atoms with van der Waals surface area (Å²) in [6.07, 6.45) is -1.49. The molecule has 6 heteroatoms. The van der Waals surface area contributed by atoms with Crippen LogP contribution in [-0.2, 0) is 4.79 Å². The summed E-state index contributed by atoms with van der Waals surface area (Å²) in [6, 6.07) is 4.20. The van der Waals surface area contributed by atoms with Crippen molar-refractivity contribution in [3.05, 3.63) is 23.8 Å². The summed E-state index contributed by atoms with van der Waals surface area (Å²) in [4.78, 5) is 25.1. The summed E-state index contributed by atoms with van der Waals surface area (Å²) >= 11 is 0. The number of ketones is 2. The highest BCUT2D eigenvalue weighted by molar-refractivity contribution is 6.13. The van der Waals surface area contributed by atoms with E-state index in [2.05, 4.69) is 0 Å². The lowest BCUT2D eigenvalue weighted by Crippen LogP contribution is -2.75. The number of ether oxygens (including phenoxy) is 1. The SMILES string of the molecule is C[C@H]1C[C@H](O)[C@]2(O)C(=O)c3c(O)cccc3O[C@@]2(C)C1=O. The normalized spacial score (nSPS) is 38.5. The second-order valence-corrected chi connectivity index (χ2v) is 5.90. The summed E-state index contributed by atoms with van der Waals surface area (Å²) in [5.41, 5.74) is -4.48. The number of carbonyl (C=O) groups is 2. The van der Waals surface area contributed by atoms with Crippen molar-refractivity contribution in [3.63, 3.8) is 0 Å². The molecule has 0 saturated heterocycles. The zero-order valence-electron chi connectivity index (χ0n) is 11.7. The first-order chi connectivity index (χ1) is 9.73. The van der Waals surface area contributed by atoms with Gasteiger partial charge in [-0.1, -0.05) is 13.0 Å². The fourth-order valence-electron chi connectivity index (χ4n) is 3.33. The fraction of sp³-hybridized carbons (Fsp3) is 0.467. The van der Waals surface area contributed by atoms with Crippen molar-refractivity contribution in [3.8, 4) is 11.5 Å². The third kappa shape index (κ3) is 1.49. The number of rotatable bonds is 0. The van der Waals surface area contributed by atoms with E-state index in [1.807, 2.05) is 0 Å². The van der Waals surface area contributed by atoms with E-state index in [0.717, 1.165) is 0 Å². The van der Waals surface area contributed by atoms with Gasteiger partial charge in [-0.15, -0.1) is 0 Å². The monoisotopic (exact) mass is 292 g/mol. The Morgan fingerprint density at radius 1 is 1.33 bits per heavy atom. The molecule has 0 aromatic heterocycles. The van der Waals surface area contributed by atoms with Crippen LogP contribution in [-0.4, -0.2) is 44.2 Å². The molecule has 3 N–H and O–H groups in total. The molecule has 2 aliphatic rings. The van der Waals surface area contributed by atoms with Gasteiger partial charge in [0.05, 0.1) is 6.10 Å². The molecule has 0 amide bonds. The molecule has 1 fully saturated rings. The molecule has 112 valence electrons. The van der Waals surface area contributed by atoms with Crippen LogP contribution in [0.3, 0.4) is 0 Å². The third-order valence-electron chi connectivity index (χ3n) is 4.60. The number of benzene rings is 1. The zero-order chi connectivity index (χ0) is 15.6. The van der Waals surface area contributed by atoms with Gasteiger partial charge in [-0.3, -0.25) is 9.59 Å². The van der Waals surface area contributed by atoms with Crippen molar-refractivity contribution in [1.82, 2.24) is 0 Å². The highest BCUT2D eigenvalue weighted by Crippen LogP contribution is 2.49. The Kier molecular flexibility index (Phi) is 2.71. The molecule has 1 aromatic rings. The number of carbonyl (C=O) groups excluding carboxylic acids is 2. The second kappa shape index (κ2) is 4.05. The molecule has 1 aromatic carbocycles. The highest BCUT2D eigenvalue weighted by Gasteiger charge is 2.69. The molecule has 1 aliphatic heterocycles. The van der Waals surface area contributed by atoms with Crippen LogP contribution in [0.4, 0.5) is 0 Å². The Bertz CT molecular complexity index is 654. The number of fused-ring (bicyclic) bond motifs is 2. The first-order valence-electron chi connectivity index (χ1n) is 6.74. The summed E-state index contributed by atoms with van der Waals surface area (Å²) in [7, 11) is 0. The number of hydrogen-bond donors (Lipinski definition) is 3. The van der Waals surface area contributed by atoms with Crippen molar-refractivity contribution in [2.24, 2.45) is 5.92 Å². The maximum absolute atomic E-state index is 12.7. The van der Waals surface area contributed by atoms with Crippen LogP contribution in [0.25, 0.3) is 0 Å². The lowest BCUT2D eigenvalue weighted by molar-refractivity contribution is -0.194. The molecule has 4 atom stereocenters. The predicted molar refractivity (Wildman–Crippen MR) is 71.2 cm³/mol. The smallest absolute Gasteiger partial charge is 0.209 e. The van der Waals surface area contributed by atoms with Crippen molar-refractivity contribution in [1.29, 1.82) is 0 Å². The van der Waals surface area contributed by atoms with Crippen LogP contribution >= 0.6 is 0 Å². The quantitative estimate of drug-likeness (QED) is 0.640. The largest absolute Gasteiger partial charge is 0.507 e. The van der Waals surface area contributed by atoms with Crippen molar-refractivity contribution >= 4 is 11.6 Å². The third-order valence-corrected chi connectivity index (χ3v) is 4.60.